The van der Waals surface area contributed by atoms with Crippen LogP contribution in [0.25, 0.3) is 17.1 Å². The largest absolute Gasteiger partial charge is 0.335 e. The van der Waals surface area contributed by atoms with E-state index in [0.29, 0.717) is 35.4 Å². The van der Waals surface area contributed by atoms with Crippen LogP contribution in [0.3, 0.4) is 0 Å². The highest BCUT2D eigenvalue weighted by molar-refractivity contribution is 7.98. The highest BCUT2D eigenvalue weighted by atomic mass is 35.5. The minimum Gasteiger partial charge on any atom is -0.335 e. The Bertz CT molecular complexity index is 1650. The van der Waals surface area contributed by atoms with Crippen LogP contribution in [-0.4, -0.2) is 61.6 Å². The SMILES string of the molecule is Cc1ccccc1-n1c(SCc2nc(C(=O)N3CCN(Cc4ccccc4)CC3)cs2)nnc1-c1ccccc1Cl. The van der Waals surface area contributed by atoms with Crippen molar-refractivity contribution in [1.82, 2.24) is 29.5 Å². The normalized spacial score (nSPS) is 14.0. The Hall–Kier alpha value is -3.50. The van der Waals surface area contributed by atoms with Gasteiger partial charge in [-0.2, -0.15) is 0 Å². The summed E-state index contributed by atoms with van der Waals surface area (Å²) in [5.74, 6) is 1.27. The Morgan fingerprint density at radius 3 is 2.44 bits per heavy atom. The number of aromatic nitrogens is 4. The van der Waals surface area contributed by atoms with Crippen molar-refractivity contribution < 1.29 is 4.79 Å². The molecule has 2 aromatic heterocycles. The molecule has 41 heavy (non-hydrogen) atoms. The van der Waals surface area contributed by atoms with Gasteiger partial charge in [-0.15, -0.1) is 21.5 Å². The molecule has 3 heterocycles. The van der Waals surface area contributed by atoms with Crippen molar-refractivity contribution in [3.8, 4) is 17.1 Å². The van der Waals surface area contributed by atoms with Gasteiger partial charge in [-0.1, -0.05) is 84.0 Å². The molecule has 0 bridgehead atoms. The molecule has 0 spiro atoms. The fraction of sp³-hybridized carbons (Fsp3) is 0.226. The molecule has 7 nitrogen and oxygen atoms in total. The number of hydrogen-bond acceptors (Lipinski definition) is 7. The number of nitrogens with zero attached hydrogens (tertiary/aromatic N) is 6. The van der Waals surface area contributed by atoms with Crippen LogP contribution in [0.5, 0.6) is 0 Å². The standard InChI is InChI=1S/C31H29ClN6OS2/c1-22-9-5-8-14-27(22)38-29(24-12-6-7-13-25(24)32)34-35-31(38)41-21-28-33-26(20-40-28)30(39)37-17-15-36(16-18-37)19-23-10-3-2-4-11-23/h2-14,20H,15-19,21H2,1H3. The van der Waals surface area contributed by atoms with E-state index in [2.05, 4.69) is 63.0 Å². The van der Waals surface area contributed by atoms with Crippen LogP contribution in [0.1, 0.15) is 26.6 Å². The van der Waals surface area contributed by atoms with Gasteiger partial charge >= 0.3 is 0 Å². The topological polar surface area (TPSA) is 67.2 Å². The third-order valence-corrected chi connectivity index (χ3v) is 9.41. The number of para-hydroxylation sites is 1. The summed E-state index contributed by atoms with van der Waals surface area (Å²) in [6.45, 7) is 6.10. The maximum absolute atomic E-state index is 13.2. The molecule has 1 fully saturated rings. The molecule has 0 N–H and O–H groups in total. The van der Waals surface area contributed by atoms with E-state index in [0.717, 1.165) is 46.6 Å². The third kappa shape index (κ3) is 6.23. The lowest BCUT2D eigenvalue weighted by molar-refractivity contribution is 0.0623. The molecular formula is C31H29ClN6OS2. The van der Waals surface area contributed by atoms with Gasteiger partial charge in [0.2, 0.25) is 0 Å². The molecule has 0 atom stereocenters. The molecule has 1 amide bonds. The lowest BCUT2D eigenvalue weighted by Gasteiger charge is -2.34. The minimum atomic E-state index is 0.000874. The first-order chi connectivity index (χ1) is 20.1. The first-order valence-corrected chi connectivity index (χ1v) is 15.7. The molecule has 0 saturated carbocycles. The maximum Gasteiger partial charge on any atom is 0.273 e. The quantitative estimate of drug-likeness (QED) is 0.187. The average molecular weight is 601 g/mol. The second kappa shape index (κ2) is 12.6. The summed E-state index contributed by atoms with van der Waals surface area (Å²) in [7, 11) is 0. The first-order valence-electron chi connectivity index (χ1n) is 13.5. The van der Waals surface area contributed by atoms with Crippen molar-refractivity contribution >= 4 is 40.6 Å². The Kier molecular flexibility index (Phi) is 8.48. The van der Waals surface area contributed by atoms with Gasteiger partial charge in [0.15, 0.2) is 11.0 Å². The molecule has 0 radical (unpaired) electrons. The molecule has 1 saturated heterocycles. The van der Waals surface area contributed by atoms with E-state index in [1.807, 2.05) is 52.7 Å². The molecule has 5 aromatic rings. The van der Waals surface area contributed by atoms with Crippen molar-refractivity contribution in [2.75, 3.05) is 26.2 Å². The van der Waals surface area contributed by atoms with Crippen LogP contribution in [0.2, 0.25) is 5.02 Å². The summed E-state index contributed by atoms with van der Waals surface area (Å²) in [6, 6.07) is 26.3. The number of halogens is 1. The van der Waals surface area contributed by atoms with E-state index in [1.165, 1.54) is 16.9 Å². The zero-order chi connectivity index (χ0) is 28.2. The van der Waals surface area contributed by atoms with Gasteiger partial charge in [-0.05, 0) is 36.2 Å². The zero-order valence-electron chi connectivity index (χ0n) is 22.6. The van der Waals surface area contributed by atoms with E-state index in [1.54, 1.807) is 11.8 Å². The fourth-order valence-corrected chi connectivity index (χ4v) is 6.88. The molecule has 0 aliphatic carbocycles. The Balaban J connectivity index is 1.14. The molecule has 208 valence electrons. The van der Waals surface area contributed by atoms with Crippen molar-refractivity contribution in [2.45, 2.75) is 24.4 Å². The Labute approximate surface area is 252 Å². The molecule has 0 unspecified atom stereocenters. The molecular weight excluding hydrogens is 572 g/mol. The summed E-state index contributed by atoms with van der Waals surface area (Å²) in [4.78, 5) is 22.2. The first kappa shape index (κ1) is 27.7. The summed E-state index contributed by atoms with van der Waals surface area (Å²) >= 11 is 9.60. The van der Waals surface area contributed by atoms with Gasteiger partial charge in [0.25, 0.3) is 5.91 Å². The number of thioether (sulfide) groups is 1. The number of aryl methyl sites for hydroxylation is 1. The van der Waals surface area contributed by atoms with E-state index in [4.69, 9.17) is 16.6 Å². The number of carbonyl (C=O) groups is 1. The van der Waals surface area contributed by atoms with Gasteiger partial charge in [0.05, 0.1) is 16.5 Å². The molecule has 3 aromatic carbocycles. The monoisotopic (exact) mass is 600 g/mol. The number of rotatable bonds is 8. The van der Waals surface area contributed by atoms with E-state index in [9.17, 15) is 4.79 Å². The number of piperazine rings is 1. The predicted molar refractivity (Wildman–Crippen MR) is 166 cm³/mol. The Morgan fingerprint density at radius 1 is 0.927 bits per heavy atom. The van der Waals surface area contributed by atoms with Crippen molar-refractivity contribution in [3.63, 3.8) is 0 Å². The number of carbonyl (C=O) groups excluding carboxylic acids is 1. The van der Waals surface area contributed by atoms with Crippen molar-refractivity contribution in [1.29, 1.82) is 0 Å². The lowest BCUT2D eigenvalue weighted by Crippen LogP contribution is -2.48. The van der Waals surface area contributed by atoms with Gasteiger partial charge in [0, 0.05) is 43.7 Å². The summed E-state index contributed by atoms with van der Waals surface area (Å²) in [6.07, 6.45) is 0. The fourth-order valence-electron chi connectivity index (χ4n) is 4.93. The number of benzene rings is 3. The second-order valence-corrected chi connectivity index (χ2v) is 12.2. The smallest absolute Gasteiger partial charge is 0.273 e. The zero-order valence-corrected chi connectivity index (χ0v) is 25.0. The highest BCUT2D eigenvalue weighted by Crippen LogP contribution is 2.34. The van der Waals surface area contributed by atoms with Crippen LogP contribution >= 0.6 is 34.7 Å². The summed E-state index contributed by atoms with van der Waals surface area (Å²) in [5.41, 5.74) is 4.73. The van der Waals surface area contributed by atoms with Gasteiger partial charge in [-0.3, -0.25) is 14.3 Å². The van der Waals surface area contributed by atoms with Gasteiger partial charge in [0.1, 0.15) is 10.7 Å². The van der Waals surface area contributed by atoms with Crippen LogP contribution in [0, 0.1) is 6.92 Å². The number of amides is 1. The number of thiazole rings is 1. The molecule has 10 heteroatoms. The molecule has 1 aliphatic heterocycles. The second-order valence-electron chi connectivity index (χ2n) is 9.88. The summed E-state index contributed by atoms with van der Waals surface area (Å²) in [5, 5.41) is 13.2. The third-order valence-electron chi connectivity index (χ3n) is 7.11. The Morgan fingerprint density at radius 2 is 1.66 bits per heavy atom. The predicted octanol–water partition coefficient (Wildman–Crippen LogP) is 6.60. The average Bonchev–Trinajstić information content (AvgIpc) is 3.65. The van der Waals surface area contributed by atoms with Crippen LogP contribution in [-0.2, 0) is 12.3 Å². The van der Waals surface area contributed by atoms with Gasteiger partial charge < -0.3 is 4.90 Å². The van der Waals surface area contributed by atoms with E-state index in [-0.39, 0.29) is 5.91 Å². The number of hydrogen-bond donors (Lipinski definition) is 0. The maximum atomic E-state index is 13.2. The van der Waals surface area contributed by atoms with E-state index < -0.39 is 0 Å². The van der Waals surface area contributed by atoms with Gasteiger partial charge in [-0.25, -0.2) is 4.98 Å². The van der Waals surface area contributed by atoms with Crippen molar-refractivity contribution in [2.24, 2.45) is 0 Å². The lowest BCUT2D eigenvalue weighted by atomic mass is 10.1. The van der Waals surface area contributed by atoms with Crippen LogP contribution in [0.4, 0.5) is 0 Å². The molecule has 1 aliphatic rings. The minimum absolute atomic E-state index is 0.000874. The highest BCUT2D eigenvalue weighted by Gasteiger charge is 2.24. The molecule has 6 rings (SSSR count). The summed E-state index contributed by atoms with van der Waals surface area (Å²) < 4.78 is 2.05. The van der Waals surface area contributed by atoms with Crippen LogP contribution in [0.15, 0.2) is 89.4 Å². The van der Waals surface area contributed by atoms with Crippen molar-refractivity contribution in [3.05, 3.63) is 111 Å². The van der Waals surface area contributed by atoms with E-state index >= 15 is 0 Å². The van der Waals surface area contributed by atoms with Crippen LogP contribution < -0.4 is 0 Å².